The van der Waals surface area contributed by atoms with Crippen LogP contribution < -0.4 is 10.6 Å². The Balaban J connectivity index is 2.24. The summed E-state index contributed by atoms with van der Waals surface area (Å²) in [6.45, 7) is 3.08. The zero-order valence-corrected chi connectivity index (χ0v) is 9.98. The molecule has 2 N–H and O–H groups in total. The van der Waals surface area contributed by atoms with E-state index in [1.165, 1.54) is 0 Å². The molecule has 4 nitrogen and oxygen atoms in total. The number of anilines is 1. The Morgan fingerprint density at radius 2 is 2.22 bits per heavy atom. The maximum atomic E-state index is 12.6. The lowest BCUT2D eigenvalue weighted by Gasteiger charge is -2.21. The van der Waals surface area contributed by atoms with E-state index in [1.54, 1.807) is 4.90 Å². The summed E-state index contributed by atoms with van der Waals surface area (Å²) in [5.41, 5.74) is 4.68. The highest BCUT2D eigenvalue weighted by Gasteiger charge is 2.35. The molecular formula is C11H15F3N4. The van der Waals surface area contributed by atoms with Gasteiger partial charge in [-0.05, 0) is 31.9 Å². The van der Waals surface area contributed by atoms with Crippen molar-refractivity contribution in [3.05, 3.63) is 18.0 Å². The average Bonchev–Trinajstić information content (AvgIpc) is 2.70. The third-order valence-corrected chi connectivity index (χ3v) is 3.18. The Bertz CT molecular complexity index is 421. The minimum Gasteiger partial charge on any atom is -0.338 e. The fourth-order valence-electron chi connectivity index (χ4n) is 2.24. The molecule has 18 heavy (non-hydrogen) atoms. The quantitative estimate of drug-likeness (QED) is 0.878. The van der Waals surface area contributed by atoms with Crippen LogP contribution in [0.5, 0.6) is 0 Å². The molecule has 0 amide bonds. The molecule has 0 aromatic carbocycles. The van der Waals surface area contributed by atoms with E-state index in [2.05, 4.69) is 9.97 Å². The monoisotopic (exact) mass is 260 g/mol. The molecule has 2 heterocycles. The maximum Gasteiger partial charge on any atom is 0.433 e. The first-order chi connectivity index (χ1) is 8.41. The summed E-state index contributed by atoms with van der Waals surface area (Å²) in [5.74, 6) is 0.423. The second-order valence-corrected chi connectivity index (χ2v) is 4.58. The van der Waals surface area contributed by atoms with Crippen LogP contribution in [0, 0.1) is 5.92 Å². The molecule has 7 heteroatoms. The van der Waals surface area contributed by atoms with E-state index in [-0.39, 0.29) is 17.9 Å². The van der Waals surface area contributed by atoms with Crippen molar-refractivity contribution in [2.45, 2.75) is 25.6 Å². The molecule has 2 atom stereocenters. The van der Waals surface area contributed by atoms with E-state index in [0.717, 1.165) is 18.7 Å². The highest BCUT2D eigenvalue weighted by atomic mass is 19.4. The van der Waals surface area contributed by atoms with E-state index < -0.39 is 11.9 Å². The van der Waals surface area contributed by atoms with Gasteiger partial charge in [0, 0.05) is 18.8 Å². The number of hydrogen-bond acceptors (Lipinski definition) is 4. The average molecular weight is 260 g/mol. The van der Waals surface area contributed by atoms with Crippen molar-refractivity contribution in [2.75, 3.05) is 18.0 Å². The predicted octanol–water partition coefficient (Wildman–Crippen LogP) is 1.67. The molecule has 100 valence electrons. The molecular weight excluding hydrogens is 245 g/mol. The fourth-order valence-corrected chi connectivity index (χ4v) is 2.24. The molecule has 1 aliphatic rings. The van der Waals surface area contributed by atoms with Crippen LogP contribution in [0.25, 0.3) is 0 Å². The number of alkyl halides is 3. The molecule has 1 aromatic rings. The molecule has 2 unspecified atom stereocenters. The Morgan fingerprint density at radius 1 is 1.50 bits per heavy atom. The largest absolute Gasteiger partial charge is 0.433 e. The Morgan fingerprint density at radius 3 is 2.78 bits per heavy atom. The highest BCUT2D eigenvalue weighted by Crippen LogP contribution is 2.30. The minimum absolute atomic E-state index is 0.113. The first-order valence-corrected chi connectivity index (χ1v) is 5.78. The summed E-state index contributed by atoms with van der Waals surface area (Å²) in [6, 6.07) is 0.993. The van der Waals surface area contributed by atoms with Crippen LogP contribution in [-0.4, -0.2) is 29.1 Å². The van der Waals surface area contributed by atoms with Gasteiger partial charge in [0.15, 0.2) is 0 Å². The summed E-state index contributed by atoms with van der Waals surface area (Å²) in [5, 5.41) is 0. The second kappa shape index (κ2) is 4.72. The van der Waals surface area contributed by atoms with Crippen LogP contribution in [0.1, 0.15) is 19.0 Å². The predicted molar refractivity (Wildman–Crippen MR) is 61.0 cm³/mol. The molecule has 1 aromatic heterocycles. The topological polar surface area (TPSA) is 55.0 Å². The van der Waals surface area contributed by atoms with Crippen molar-refractivity contribution in [3.63, 3.8) is 0 Å². The highest BCUT2D eigenvalue weighted by molar-refractivity contribution is 5.34. The van der Waals surface area contributed by atoms with Gasteiger partial charge in [0.1, 0.15) is 5.69 Å². The van der Waals surface area contributed by atoms with Gasteiger partial charge in [-0.1, -0.05) is 0 Å². The lowest BCUT2D eigenvalue weighted by Crippen LogP contribution is -2.30. The van der Waals surface area contributed by atoms with Gasteiger partial charge in [-0.2, -0.15) is 13.2 Å². The van der Waals surface area contributed by atoms with E-state index in [0.29, 0.717) is 13.1 Å². The molecule has 1 aliphatic heterocycles. The molecule has 0 radical (unpaired) electrons. The Hall–Kier alpha value is -1.37. The lowest BCUT2D eigenvalue weighted by atomic mass is 10.1. The van der Waals surface area contributed by atoms with Crippen molar-refractivity contribution >= 4 is 5.95 Å². The van der Waals surface area contributed by atoms with Gasteiger partial charge >= 0.3 is 6.18 Å². The van der Waals surface area contributed by atoms with Crippen LogP contribution in [0.15, 0.2) is 12.3 Å². The smallest absolute Gasteiger partial charge is 0.338 e. The molecule has 2 rings (SSSR count). The number of halogens is 3. The number of nitrogens with zero attached hydrogens (tertiary/aromatic N) is 3. The Labute approximate surface area is 103 Å². The molecule has 0 bridgehead atoms. The number of nitrogens with two attached hydrogens (primary N) is 1. The first-order valence-electron chi connectivity index (χ1n) is 5.78. The zero-order chi connectivity index (χ0) is 13.3. The molecule has 1 fully saturated rings. The third-order valence-electron chi connectivity index (χ3n) is 3.18. The van der Waals surface area contributed by atoms with Gasteiger partial charge in [-0.3, -0.25) is 0 Å². The second-order valence-electron chi connectivity index (χ2n) is 4.58. The van der Waals surface area contributed by atoms with Gasteiger partial charge in [0.05, 0.1) is 0 Å². The SMILES string of the molecule is CC1CC(CN)CN1c1nccc(C(F)(F)F)n1. The van der Waals surface area contributed by atoms with Crippen LogP contribution >= 0.6 is 0 Å². The number of aromatic nitrogens is 2. The van der Waals surface area contributed by atoms with E-state index in [1.807, 2.05) is 6.92 Å². The van der Waals surface area contributed by atoms with Crippen LogP contribution in [0.4, 0.5) is 19.1 Å². The number of rotatable bonds is 2. The van der Waals surface area contributed by atoms with E-state index in [4.69, 9.17) is 5.73 Å². The summed E-state index contributed by atoms with van der Waals surface area (Å²) in [7, 11) is 0. The van der Waals surface area contributed by atoms with Gasteiger partial charge in [0.2, 0.25) is 5.95 Å². The van der Waals surface area contributed by atoms with Crippen molar-refractivity contribution in [1.29, 1.82) is 0 Å². The van der Waals surface area contributed by atoms with Gasteiger partial charge in [-0.15, -0.1) is 0 Å². The zero-order valence-electron chi connectivity index (χ0n) is 9.98. The summed E-state index contributed by atoms with van der Waals surface area (Å²) in [6.07, 6.45) is -2.43. The Kier molecular flexibility index (Phi) is 3.43. The van der Waals surface area contributed by atoms with Crippen molar-refractivity contribution in [1.82, 2.24) is 9.97 Å². The summed E-state index contributed by atoms with van der Waals surface area (Å²) < 4.78 is 37.7. The normalized spacial score (nSPS) is 24.6. The van der Waals surface area contributed by atoms with Gasteiger partial charge in [-0.25, -0.2) is 9.97 Å². The minimum atomic E-state index is -4.44. The van der Waals surface area contributed by atoms with E-state index >= 15 is 0 Å². The van der Waals surface area contributed by atoms with Crippen LogP contribution in [0.3, 0.4) is 0 Å². The molecule has 1 saturated heterocycles. The molecule has 0 saturated carbocycles. The van der Waals surface area contributed by atoms with Crippen molar-refractivity contribution < 1.29 is 13.2 Å². The molecule has 0 aliphatic carbocycles. The van der Waals surface area contributed by atoms with Gasteiger partial charge in [0.25, 0.3) is 0 Å². The van der Waals surface area contributed by atoms with E-state index in [9.17, 15) is 13.2 Å². The summed E-state index contributed by atoms with van der Waals surface area (Å²) >= 11 is 0. The van der Waals surface area contributed by atoms with Gasteiger partial charge < -0.3 is 10.6 Å². The molecule has 0 spiro atoms. The van der Waals surface area contributed by atoms with Crippen LogP contribution in [0.2, 0.25) is 0 Å². The number of hydrogen-bond donors (Lipinski definition) is 1. The third kappa shape index (κ3) is 2.55. The maximum absolute atomic E-state index is 12.6. The summed E-state index contributed by atoms with van der Waals surface area (Å²) in [4.78, 5) is 9.31. The first kappa shape index (κ1) is 13.1. The van der Waals surface area contributed by atoms with Crippen LogP contribution in [-0.2, 0) is 6.18 Å². The van der Waals surface area contributed by atoms with Crippen molar-refractivity contribution in [2.24, 2.45) is 11.7 Å². The lowest BCUT2D eigenvalue weighted by molar-refractivity contribution is -0.141. The van der Waals surface area contributed by atoms with Crippen molar-refractivity contribution in [3.8, 4) is 0 Å². The fraction of sp³-hybridized carbons (Fsp3) is 0.636. The standard InChI is InChI=1S/C11H15F3N4/c1-7-4-8(5-15)6-18(7)10-16-3-2-9(17-10)11(12,13)14/h2-3,7-8H,4-6,15H2,1H3.